The van der Waals surface area contributed by atoms with Crippen molar-refractivity contribution in [3.8, 4) is 0 Å². The van der Waals surface area contributed by atoms with Gasteiger partial charge in [0, 0.05) is 64.4 Å². The second-order valence-electron chi connectivity index (χ2n) is 24.1. The lowest BCUT2D eigenvalue weighted by molar-refractivity contribution is -0.373. The molecule has 0 bridgehead atoms. The van der Waals surface area contributed by atoms with E-state index in [1.807, 2.05) is 44.2 Å². The van der Waals surface area contributed by atoms with Crippen LogP contribution in [-0.2, 0) is 76.0 Å². The minimum atomic E-state index is -1.68. The number of ether oxygens (including phenoxy) is 13. The molecule has 4 saturated heterocycles. The zero-order valence-corrected chi connectivity index (χ0v) is 48.1. The molecule has 0 aromatic heterocycles. The number of carbonyl (C=O) groups is 3. The van der Waals surface area contributed by atoms with Crippen LogP contribution in [0.5, 0.6) is 0 Å². The highest BCUT2D eigenvalue weighted by Gasteiger charge is 2.75. The maximum atomic E-state index is 14.0. The molecule has 4 aliphatic carbocycles. The number of carbonyl (C=O) groups excluding carboxylic acids is 3. The molecule has 7 fully saturated rings. The van der Waals surface area contributed by atoms with E-state index in [0.29, 0.717) is 44.9 Å². The monoisotopic (exact) mass is 1150 g/mol. The average molecular weight is 1150 g/mol. The number of hydrogen-bond acceptors (Lipinski definition) is 22. The molecule has 0 radical (unpaired) electrons. The second-order valence-corrected chi connectivity index (χ2v) is 24.1. The highest BCUT2D eigenvalue weighted by atomic mass is 16.8. The summed E-state index contributed by atoms with van der Waals surface area (Å²) in [4.78, 5) is 40.5. The standard InChI is InChI=1S/C59H86O22/c1-28(61)36-21-23-59(68)37-18-17-34-24-35(20-22-57(34,6)44(37)52(54(58(36,59)7)75-32(5)62)78-41(63)19-16-33-14-12-11-13-15-33)76-42-25-38(69-8)49(29(2)72-42)79-43-26-39(70-9)50(30(3)73-43)80-56-48(67)53(71-10)51(31(4)74-56)81-55-47(66)46(65)45(64)40(27-60)77-55/h11-17,19,29-31,35-40,42-56,60,64-68H,18,20-27H2,1-10H3/t29-,30-,31+,35-,36-,37+,38-,39-,40+,42+,43+,44-,45+,46+,47+,48+,49+,50+,51-,52-,53+,54+,55-,56-,57+,58-,59-/m1/s1. The van der Waals surface area contributed by atoms with Gasteiger partial charge >= 0.3 is 11.9 Å². The van der Waals surface area contributed by atoms with Crippen molar-refractivity contribution < 1.29 is 107 Å². The number of aliphatic hydroxyl groups excluding tert-OH is 5. The molecule has 4 heterocycles. The van der Waals surface area contributed by atoms with Gasteiger partial charge in [-0.05, 0) is 89.2 Å². The van der Waals surface area contributed by atoms with Crippen LogP contribution in [0.4, 0.5) is 0 Å². The zero-order chi connectivity index (χ0) is 58.5. The van der Waals surface area contributed by atoms with Gasteiger partial charge in [-0.2, -0.15) is 0 Å². The van der Waals surface area contributed by atoms with Crippen molar-refractivity contribution in [3.63, 3.8) is 0 Å². The fourth-order valence-electron chi connectivity index (χ4n) is 15.3. The summed E-state index contributed by atoms with van der Waals surface area (Å²) < 4.78 is 80.9. The Bertz CT molecular complexity index is 2390. The first-order valence-electron chi connectivity index (χ1n) is 28.7. The first-order chi connectivity index (χ1) is 38.5. The molecule has 9 rings (SSSR count). The van der Waals surface area contributed by atoms with Crippen LogP contribution < -0.4 is 0 Å². The molecule has 3 saturated carbocycles. The molecule has 0 spiro atoms. The number of Topliss-reactive ketones (excluding diaryl/α,β-unsaturated/α-hetero) is 1. The van der Waals surface area contributed by atoms with Crippen molar-refractivity contribution in [1.29, 1.82) is 0 Å². The third-order valence-electron chi connectivity index (χ3n) is 19.5. The molecule has 8 aliphatic rings. The SMILES string of the molecule is CO[C@H]1[C@H](O)[C@@H](O[C@H]2[C@@H](C)O[C@@H](O[C@H]3[C@@H](C)O[C@@H](O[C@@H]4CC[C@@]5(C)C(=CC[C@H]6[C@@H]5[C@@H](OC(=O)C=Cc5ccccc5)[C@H](OC(C)=O)[C@@]5(C)[C@@H](C(C)=O)CC[C@@]65O)C4)C[C@H]3OC)C[C@H]2OC)O[C@@H](C)[C@H]1O[C@H]1O[C@@H](CO)[C@H](O)[C@H](O)[C@@H]1O. The van der Waals surface area contributed by atoms with Gasteiger partial charge in [-0.25, -0.2) is 4.79 Å². The van der Waals surface area contributed by atoms with E-state index < -0.39 is 176 Å². The first kappa shape index (κ1) is 62.2. The van der Waals surface area contributed by atoms with E-state index >= 15 is 0 Å². The van der Waals surface area contributed by atoms with Crippen LogP contribution in [0.2, 0.25) is 0 Å². The Morgan fingerprint density at radius 2 is 1.31 bits per heavy atom. The Morgan fingerprint density at radius 1 is 0.691 bits per heavy atom. The lowest BCUT2D eigenvalue weighted by Gasteiger charge is -2.64. The van der Waals surface area contributed by atoms with E-state index in [1.165, 1.54) is 34.1 Å². The van der Waals surface area contributed by atoms with Crippen LogP contribution in [0.3, 0.4) is 0 Å². The Kier molecular flexibility index (Phi) is 19.4. The number of ketones is 1. The molecule has 0 unspecified atom stereocenters. The van der Waals surface area contributed by atoms with Crippen LogP contribution >= 0.6 is 0 Å². The van der Waals surface area contributed by atoms with Gasteiger partial charge in [-0.15, -0.1) is 0 Å². The molecule has 4 aliphatic heterocycles. The van der Waals surface area contributed by atoms with Gasteiger partial charge in [-0.1, -0.05) is 55.8 Å². The predicted molar refractivity (Wildman–Crippen MR) is 283 cm³/mol. The Balaban J connectivity index is 0.838. The topological polar surface area (TPSA) is 293 Å². The molecule has 0 amide bonds. The van der Waals surface area contributed by atoms with E-state index in [0.717, 1.165) is 11.1 Å². The largest absolute Gasteiger partial charge is 0.458 e. The third kappa shape index (κ3) is 11.9. The summed E-state index contributed by atoms with van der Waals surface area (Å²) in [6.45, 7) is 11.5. The highest BCUT2D eigenvalue weighted by molar-refractivity contribution is 5.87. The minimum absolute atomic E-state index is 0.118. The van der Waals surface area contributed by atoms with Gasteiger partial charge in [0.05, 0.1) is 48.8 Å². The summed E-state index contributed by atoms with van der Waals surface area (Å²) in [5.74, 6) is -2.86. The quantitative estimate of drug-likeness (QED) is 0.0743. The maximum absolute atomic E-state index is 14.0. The molecular formula is C59H86O22. The van der Waals surface area contributed by atoms with Gasteiger partial charge in [0.2, 0.25) is 0 Å². The van der Waals surface area contributed by atoms with Crippen LogP contribution in [0.15, 0.2) is 48.1 Å². The van der Waals surface area contributed by atoms with E-state index in [-0.39, 0.29) is 18.3 Å². The van der Waals surface area contributed by atoms with Crippen LogP contribution in [-0.4, -0.2) is 211 Å². The summed E-state index contributed by atoms with van der Waals surface area (Å²) in [6, 6.07) is 9.36. The van der Waals surface area contributed by atoms with Gasteiger partial charge in [0.15, 0.2) is 25.2 Å². The lowest BCUT2D eigenvalue weighted by Crippen LogP contribution is -2.72. The Morgan fingerprint density at radius 3 is 1.93 bits per heavy atom. The summed E-state index contributed by atoms with van der Waals surface area (Å²) in [7, 11) is 4.50. The third-order valence-corrected chi connectivity index (χ3v) is 19.5. The molecule has 27 atom stereocenters. The van der Waals surface area contributed by atoms with E-state index in [4.69, 9.17) is 61.6 Å². The average Bonchev–Trinajstić information content (AvgIpc) is 3.76. The molecule has 1 aromatic rings. The van der Waals surface area contributed by atoms with Crippen molar-refractivity contribution >= 4 is 23.8 Å². The van der Waals surface area contributed by atoms with Gasteiger partial charge < -0.3 is 92.2 Å². The molecule has 22 nitrogen and oxygen atoms in total. The predicted octanol–water partition coefficient (Wildman–Crippen LogP) is 2.81. The first-order valence-corrected chi connectivity index (χ1v) is 28.7. The number of benzene rings is 1. The van der Waals surface area contributed by atoms with Gasteiger partial charge in [0.1, 0.15) is 72.9 Å². The normalized spacial score (nSPS) is 47.1. The molecular weight excluding hydrogens is 1060 g/mol. The smallest absolute Gasteiger partial charge is 0.331 e. The summed E-state index contributed by atoms with van der Waals surface area (Å²) in [6.07, 6.45) is -12.0. The zero-order valence-electron chi connectivity index (χ0n) is 48.1. The maximum Gasteiger partial charge on any atom is 0.331 e. The summed E-state index contributed by atoms with van der Waals surface area (Å²) in [5.41, 5.74) is -1.38. The van der Waals surface area contributed by atoms with Gasteiger partial charge in [-0.3, -0.25) is 9.59 Å². The molecule has 454 valence electrons. The van der Waals surface area contributed by atoms with Crippen molar-refractivity contribution in [2.45, 2.75) is 234 Å². The Labute approximate surface area is 473 Å². The van der Waals surface area contributed by atoms with E-state index in [1.54, 1.807) is 27.0 Å². The number of esters is 2. The van der Waals surface area contributed by atoms with Crippen molar-refractivity contribution in [2.24, 2.45) is 28.6 Å². The number of allylic oxidation sites excluding steroid dienone is 1. The molecule has 81 heavy (non-hydrogen) atoms. The number of hydrogen-bond donors (Lipinski definition) is 6. The van der Waals surface area contributed by atoms with E-state index in [9.17, 15) is 45.0 Å². The van der Waals surface area contributed by atoms with Crippen LogP contribution in [0, 0.1) is 28.6 Å². The molecule has 22 heteroatoms. The van der Waals surface area contributed by atoms with Crippen LogP contribution in [0.25, 0.3) is 6.08 Å². The van der Waals surface area contributed by atoms with Crippen molar-refractivity contribution in [1.82, 2.24) is 0 Å². The summed E-state index contributed by atoms with van der Waals surface area (Å²) >= 11 is 0. The number of aliphatic hydroxyl groups is 6. The van der Waals surface area contributed by atoms with E-state index in [2.05, 4.69) is 13.0 Å². The second kappa shape index (κ2) is 25.3. The highest BCUT2D eigenvalue weighted by Crippen LogP contribution is 2.69. The van der Waals surface area contributed by atoms with Gasteiger partial charge in [0.25, 0.3) is 0 Å². The van der Waals surface area contributed by atoms with Crippen molar-refractivity contribution in [2.75, 3.05) is 27.9 Å². The Hall–Kier alpha value is -3.37. The number of rotatable bonds is 17. The number of fused-ring (bicyclic) bond motifs is 5. The number of methoxy groups -OCH3 is 3. The summed E-state index contributed by atoms with van der Waals surface area (Å²) in [5, 5.41) is 65.6. The lowest BCUT2D eigenvalue weighted by atomic mass is 9.44. The fraction of sp³-hybridized carbons (Fsp3) is 0.780. The molecule has 1 aromatic carbocycles. The minimum Gasteiger partial charge on any atom is -0.458 e. The van der Waals surface area contributed by atoms with Crippen LogP contribution in [0.1, 0.15) is 105 Å². The fourth-order valence-corrected chi connectivity index (χ4v) is 15.3. The van der Waals surface area contributed by atoms with Crippen molar-refractivity contribution in [3.05, 3.63) is 53.6 Å². The molecule has 6 N–H and O–H groups in total.